The van der Waals surface area contributed by atoms with Crippen LogP contribution in [0.25, 0.3) is 0 Å². The van der Waals surface area contributed by atoms with Gasteiger partial charge in [0.05, 0.1) is 0 Å². The van der Waals surface area contributed by atoms with Crippen LogP contribution in [0.3, 0.4) is 0 Å². The van der Waals surface area contributed by atoms with Crippen molar-refractivity contribution in [2.24, 2.45) is 5.41 Å². The standard InChI is InChI=1S/C11H21NS/c1-10(2)5-8(6-10)12-9-7-13-11(9,3)4/h8-9,12H,5-7H2,1-4H3. The molecule has 0 aromatic rings. The summed E-state index contributed by atoms with van der Waals surface area (Å²) in [5.41, 5.74) is 0.610. The number of nitrogens with one attached hydrogen (secondary N) is 1. The number of rotatable bonds is 2. The van der Waals surface area contributed by atoms with Gasteiger partial charge in [-0.2, -0.15) is 11.8 Å². The first kappa shape index (κ1) is 9.85. The normalized spacial score (nSPS) is 36.5. The Morgan fingerprint density at radius 1 is 1.15 bits per heavy atom. The molecule has 76 valence electrons. The van der Waals surface area contributed by atoms with Crippen molar-refractivity contribution in [3.63, 3.8) is 0 Å². The second-order valence-corrected chi connectivity index (χ2v) is 7.58. The minimum Gasteiger partial charge on any atom is -0.309 e. The lowest BCUT2D eigenvalue weighted by molar-refractivity contribution is 0.113. The zero-order chi connectivity index (χ0) is 9.69. The van der Waals surface area contributed by atoms with E-state index in [1.807, 2.05) is 0 Å². The van der Waals surface area contributed by atoms with Crippen LogP contribution in [0.1, 0.15) is 40.5 Å². The molecule has 0 bridgehead atoms. The summed E-state index contributed by atoms with van der Waals surface area (Å²) in [6.07, 6.45) is 2.73. The molecule has 0 spiro atoms. The topological polar surface area (TPSA) is 12.0 Å². The van der Waals surface area contributed by atoms with E-state index in [9.17, 15) is 0 Å². The van der Waals surface area contributed by atoms with Gasteiger partial charge in [-0.1, -0.05) is 13.8 Å². The maximum atomic E-state index is 3.78. The molecule has 1 unspecified atom stereocenters. The lowest BCUT2D eigenvalue weighted by Crippen LogP contribution is -2.61. The SMILES string of the molecule is CC1(C)CC(NC2CSC2(C)C)C1. The van der Waals surface area contributed by atoms with Crippen molar-refractivity contribution in [2.75, 3.05) is 5.75 Å². The molecule has 0 aromatic heterocycles. The highest BCUT2D eigenvalue weighted by Crippen LogP contribution is 2.44. The van der Waals surface area contributed by atoms with Gasteiger partial charge >= 0.3 is 0 Å². The fraction of sp³-hybridized carbons (Fsp3) is 1.00. The zero-order valence-electron chi connectivity index (χ0n) is 9.18. The van der Waals surface area contributed by atoms with E-state index >= 15 is 0 Å². The van der Waals surface area contributed by atoms with Crippen LogP contribution in [0, 0.1) is 5.41 Å². The van der Waals surface area contributed by atoms with Gasteiger partial charge in [-0.15, -0.1) is 0 Å². The molecule has 1 saturated heterocycles. The Hall–Kier alpha value is 0.310. The summed E-state index contributed by atoms with van der Waals surface area (Å²) in [6, 6.07) is 1.57. The summed E-state index contributed by atoms with van der Waals surface area (Å²) in [6.45, 7) is 9.43. The van der Waals surface area contributed by atoms with E-state index in [2.05, 4.69) is 44.8 Å². The van der Waals surface area contributed by atoms with Gasteiger partial charge in [0.2, 0.25) is 0 Å². The van der Waals surface area contributed by atoms with E-state index in [0.717, 1.165) is 12.1 Å². The van der Waals surface area contributed by atoms with Gasteiger partial charge in [-0.05, 0) is 32.1 Å². The fourth-order valence-electron chi connectivity index (χ4n) is 2.43. The van der Waals surface area contributed by atoms with Gasteiger partial charge in [-0.3, -0.25) is 0 Å². The average Bonchev–Trinajstić information content (AvgIpc) is 1.94. The van der Waals surface area contributed by atoms with Crippen LogP contribution in [-0.4, -0.2) is 22.6 Å². The highest BCUT2D eigenvalue weighted by Gasteiger charge is 2.44. The monoisotopic (exact) mass is 199 g/mol. The van der Waals surface area contributed by atoms with Crippen LogP contribution in [0.2, 0.25) is 0 Å². The summed E-state index contributed by atoms with van der Waals surface area (Å²) in [4.78, 5) is 0. The maximum absolute atomic E-state index is 3.78. The summed E-state index contributed by atoms with van der Waals surface area (Å²) in [5, 5.41) is 3.78. The third kappa shape index (κ3) is 1.89. The highest BCUT2D eigenvalue weighted by atomic mass is 32.2. The Morgan fingerprint density at radius 2 is 1.77 bits per heavy atom. The molecule has 1 aliphatic carbocycles. The largest absolute Gasteiger partial charge is 0.309 e. The summed E-state index contributed by atoms with van der Waals surface area (Å²) < 4.78 is 0.486. The molecule has 2 rings (SSSR count). The molecule has 13 heavy (non-hydrogen) atoms. The minimum atomic E-state index is 0.486. The molecule has 0 radical (unpaired) electrons. The van der Waals surface area contributed by atoms with E-state index in [0.29, 0.717) is 10.2 Å². The third-order valence-corrected chi connectivity index (χ3v) is 5.02. The maximum Gasteiger partial charge on any atom is 0.0302 e. The first-order valence-corrected chi connectivity index (χ1v) is 6.28. The molecule has 2 heteroatoms. The summed E-state index contributed by atoms with van der Waals surface area (Å²) >= 11 is 2.08. The molecule has 1 saturated carbocycles. The molecule has 1 aliphatic heterocycles. The molecule has 1 atom stereocenters. The predicted octanol–water partition coefficient (Wildman–Crippen LogP) is 2.66. The van der Waals surface area contributed by atoms with E-state index < -0.39 is 0 Å². The molecular weight excluding hydrogens is 178 g/mol. The van der Waals surface area contributed by atoms with Crippen molar-refractivity contribution in [1.29, 1.82) is 0 Å². The average molecular weight is 199 g/mol. The summed E-state index contributed by atoms with van der Waals surface area (Å²) in [5.74, 6) is 1.31. The number of hydrogen-bond acceptors (Lipinski definition) is 2. The Balaban J connectivity index is 1.76. The van der Waals surface area contributed by atoms with Gasteiger partial charge in [0.1, 0.15) is 0 Å². The quantitative estimate of drug-likeness (QED) is 0.734. The van der Waals surface area contributed by atoms with Crippen molar-refractivity contribution < 1.29 is 0 Å². The van der Waals surface area contributed by atoms with Crippen molar-refractivity contribution in [1.82, 2.24) is 5.32 Å². The molecule has 1 heterocycles. The van der Waals surface area contributed by atoms with Crippen molar-refractivity contribution in [3.05, 3.63) is 0 Å². The second kappa shape index (κ2) is 2.90. The van der Waals surface area contributed by atoms with E-state index in [-0.39, 0.29) is 0 Å². The number of thioether (sulfide) groups is 1. The molecule has 2 fully saturated rings. The lowest BCUT2D eigenvalue weighted by Gasteiger charge is -2.51. The Bertz CT molecular complexity index is 202. The van der Waals surface area contributed by atoms with Gasteiger partial charge in [0.15, 0.2) is 0 Å². The van der Waals surface area contributed by atoms with Crippen LogP contribution in [0.15, 0.2) is 0 Å². The van der Waals surface area contributed by atoms with Gasteiger partial charge in [0, 0.05) is 22.6 Å². The van der Waals surface area contributed by atoms with Crippen LogP contribution in [0.5, 0.6) is 0 Å². The fourth-order valence-corrected chi connectivity index (χ4v) is 3.59. The van der Waals surface area contributed by atoms with Gasteiger partial charge in [-0.25, -0.2) is 0 Å². The third-order valence-electron chi connectivity index (χ3n) is 3.50. The zero-order valence-corrected chi connectivity index (χ0v) is 10.0. The smallest absolute Gasteiger partial charge is 0.0302 e. The molecule has 1 N–H and O–H groups in total. The van der Waals surface area contributed by atoms with Crippen LogP contribution in [-0.2, 0) is 0 Å². The molecule has 0 aromatic carbocycles. The van der Waals surface area contributed by atoms with E-state index in [1.165, 1.54) is 18.6 Å². The predicted molar refractivity (Wildman–Crippen MR) is 60.3 cm³/mol. The molecule has 2 aliphatic rings. The first-order chi connectivity index (χ1) is 5.89. The minimum absolute atomic E-state index is 0.486. The first-order valence-electron chi connectivity index (χ1n) is 5.29. The lowest BCUT2D eigenvalue weighted by atomic mass is 9.68. The van der Waals surface area contributed by atoms with Crippen LogP contribution >= 0.6 is 11.8 Å². The second-order valence-electron chi connectivity index (χ2n) is 5.90. The van der Waals surface area contributed by atoms with Crippen molar-refractivity contribution in [2.45, 2.75) is 57.4 Å². The van der Waals surface area contributed by atoms with Gasteiger partial charge in [0.25, 0.3) is 0 Å². The molecule has 0 amide bonds. The van der Waals surface area contributed by atoms with Gasteiger partial charge < -0.3 is 5.32 Å². The summed E-state index contributed by atoms with van der Waals surface area (Å²) in [7, 11) is 0. The van der Waals surface area contributed by atoms with E-state index in [1.54, 1.807) is 0 Å². The molecular formula is C11H21NS. The van der Waals surface area contributed by atoms with Crippen LogP contribution < -0.4 is 5.32 Å². The number of hydrogen-bond donors (Lipinski definition) is 1. The van der Waals surface area contributed by atoms with Crippen molar-refractivity contribution >= 4 is 11.8 Å². The van der Waals surface area contributed by atoms with Crippen LogP contribution in [0.4, 0.5) is 0 Å². The highest BCUT2D eigenvalue weighted by molar-refractivity contribution is 8.02. The van der Waals surface area contributed by atoms with Crippen molar-refractivity contribution in [3.8, 4) is 0 Å². The Labute approximate surface area is 86.0 Å². The van der Waals surface area contributed by atoms with E-state index in [4.69, 9.17) is 0 Å². The Morgan fingerprint density at radius 3 is 2.08 bits per heavy atom. The molecule has 1 nitrogen and oxygen atoms in total. The Kier molecular flexibility index (Phi) is 2.20.